The third kappa shape index (κ3) is 3.87. The molecule has 1 aromatic heterocycles. The minimum atomic E-state index is -0.283. The van der Waals surface area contributed by atoms with Crippen LogP contribution in [0.5, 0.6) is 5.75 Å². The van der Waals surface area contributed by atoms with Crippen LogP contribution < -0.4 is 10.1 Å². The van der Waals surface area contributed by atoms with Crippen LogP contribution in [0, 0.1) is 34.0 Å². The van der Waals surface area contributed by atoms with Crippen molar-refractivity contribution in [3.05, 3.63) is 53.5 Å². The lowest BCUT2D eigenvalue weighted by molar-refractivity contribution is 0.307. The molecule has 1 aromatic carbocycles. The molecule has 0 aliphatic heterocycles. The monoisotopic (exact) mass is 304 g/mol. The molecule has 0 saturated heterocycles. The van der Waals surface area contributed by atoms with Crippen molar-refractivity contribution in [2.75, 3.05) is 5.32 Å². The molecular formula is C16H12N6O. The maximum Gasteiger partial charge on any atom is 0.163 e. The molecule has 2 aromatic rings. The van der Waals surface area contributed by atoms with E-state index in [4.69, 9.17) is 20.5 Å². The molecule has 7 nitrogen and oxygen atoms in total. The van der Waals surface area contributed by atoms with Crippen LogP contribution in [0.1, 0.15) is 5.56 Å². The van der Waals surface area contributed by atoms with Crippen molar-refractivity contribution in [1.29, 1.82) is 15.8 Å². The van der Waals surface area contributed by atoms with Crippen molar-refractivity contribution in [3.63, 3.8) is 0 Å². The number of hydrogen-bond acceptors (Lipinski definition) is 6. The summed E-state index contributed by atoms with van der Waals surface area (Å²) in [4.78, 5) is 0. The smallest absolute Gasteiger partial charge is 0.163 e. The predicted octanol–water partition coefficient (Wildman–Crippen LogP) is 2.24. The summed E-state index contributed by atoms with van der Waals surface area (Å²) < 4.78 is 7.39. The first-order valence-corrected chi connectivity index (χ1v) is 6.59. The van der Waals surface area contributed by atoms with Gasteiger partial charge in [-0.25, -0.2) is 0 Å². The van der Waals surface area contributed by atoms with Gasteiger partial charge in [0, 0.05) is 18.8 Å². The Morgan fingerprint density at radius 1 is 1.22 bits per heavy atom. The third-order valence-corrected chi connectivity index (χ3v) is 2.88. The van der Waals surface area contributed by atoms with Crippen molar-refractivity contribution in [2.45, 2.75) is 6.61 Å². The summed E-state index contributed by atoms with van der Waals surface area (Å²) in [5.41, 5.74) is 0.992. The van der Waals surface area contributed by atoms with Crippen LogP contribution in [0.25, 0.3) is 0 Å². The van der Waals surface area contributed by atoms with E-state index in [1.165, 1.54) is 0 Å². The molecule has 0 bridgehead atoms. The lowest BCUT2D eigenvalue weighted by atomic mass is 10.2. The summed E-state index contributed by atoms with van der Waals surface area (Å²) in [6.45, 7) is 0.307. The number of nitrogens with zero attached hydrogens (tertiary/aromatic N) is 5. The Kier molecular flexibility index (Phi) is 4.96. The number of benzene rings is 1. The van der Waals surface area contributed by atoms with Crippen molar-refractivity contribution < 1.29 is 4.74 Å². The Labute approximate surface area is 133 Å². The van der Waals surface area contributed by atoms with Gasteiger partial charge in [-0.2, -0.15) is 20.9 Å². The largest absolute Gasteiger partial charge is 0.487 e. The molecule has 0 saturated carbocycles. The quantitative estimate of drug-likeness (QED) is 0.848. The van der Waals surface area contributed by atoms with Gasteiger partial charge in [0.25, 0.3) is 0 Å². The highest BCUT2D eigenvalue weighted by Gasteiger charge is 2.10. The van der Waals surface area contributed by atoms with E-state index in [0.29, 0.717) is 18.0 Å². The molecule has 0 aliphatic rings. The van der Waals surface area contributed by atoms with Gasteiger partial charge in [-0.1, -0.05) is 12.1 Å². The van der Waals surface area contributed by atoms with E-state index in [1.807, 2.05) is 19.3 Å². The van der Waals surface area contributed by atoms with Crippen LogP contribution in [-0.2, 0) is 13.7 Å². The summed E-state index contributed by atoms with van der Waals surface area (Å²) >= 11 is 0. The zero-order valence-corrected chi connectivity index (χ0v) is 12.3. The second kappa shape index (κ2) is 7.31. The van der Waals surface area contributed by atoms with E-state index in [2.05, 4.69) is 10.4 Å². The second-order valence-corrected chi connectivity index (χ2v) is 4.52. The molecule has 0 atom stereocenters. The lowest BCUT2D eigenvalue weighted by Crippen LogP contribution is -2.03. The fourth-order valence-electron chi connectivity index (χ4n) is 1.82. The van der Waals surface area contributed by atoms with Gasteiger partial charge >= 0.3 is 0 Å². The highest BCUT2D eigenvalue weighted by atomic mass is 16.5. The zero-order valence-electron chi connectivity index (χ0n) is 12.3. The van der Waals surface area contributed by atoms with Gasteiger partial charge in [0.2, 0.25) is 0 Å². The first kappa shape index (κ1) is 15.6. The lowest BCUT2D eigenvalue weighted by Gasteiger charge is -2.12. The number of para-hydroxylation sites is 2. The topological polar surface area (TPSA) is 110 Å². The van der Waals surface area contributed by atoms with Gasteiger partial charge < -0.3 is 10.1 Å². The Morgan fingerprint density at radius 3 is 2.57 bits per heavy atom. The van der Waals surface area contributed by atoms with E-state index in [0.717, 1.165) is 5.56 Å². The molecule has 0 unspecified atom stereocenters. The molecule has 0 fully saturated rings. The average molecular weight is 304 g/mol. The van der Waals surface area contributed by atoms with Crippen molar-refractivity contribution in [1.82, 2.24) is 9.78 Å². The number of nitriles is 3. The van der Waals surface area contributed by atoms with Crippen LogP contribution in [0.15, 0.2) is 47.9 Å². The minimum absolute atomic E-state index is 0.118. The van der Waals surface area contributed by atoms with Gasteiger partial charge in [-0.15, -0.1) is 0 Å². The summed E-state index contributed by atoms with van der Waals surface area (Å²) in [6.07, 6.45) is 3.53. The van der Waals surface area contributed by atoms with Gasteiger partial charge in [-0.3, -0.25) is 4.68 Å². The van der Waals surface area contributed by atoms with Crippen molar-refractivity contribution in [3.8, 4) is 24.0 Å². The minimum Gasteiger partial charge on any atom is -0.487 e. The highest BCUT2D eigenvalue weighted by Crippen LogP contribution is 2.26. The van der Waals surface area contributed by atoms with Gasteiger partial charge in [-0.05, 0) is 12.1 Å². The predicted molar refractivity (Wildman–Crippen MR) is 81.5 cm³/mol. The van der Waals surface area contributed by atoms with Crippen LogP contribution in [0.3, 0.4) is 0 Å². The average Bonchev–Trinajstić information content (AvgIpc) is 2.99. The summed E-state index contributed by atoms with van der Waals surface area (Å²) in [6, 6.07) is 12.1. The second-order valence-electron chi connectivity index (χ2n) is 4.52. The highest BCUT2D eigenvalue weighted by molar-refractivity contribution is 5.64. The number of rotatable bonds is 5. The fraction of sp³-hybridized carbons (Fsp3) is 0.125. The molecular weight excluding hydrogens is 292 g/mol. The van der Waals surface area contributed by atoms with E-state index in [-0.39, 0.29) is 11.3 Å². The molecule has 0 radical (unpaired) electrons. The first-order chi connectivity index (χ1) is 11.2. The summed E-state index contributed by atoms with van der Waals surface area (Å²) in [5.74, 6) is 0.499. The number of anilines is 1. The SMILES string of the molecule is Cn1cc(COc2ccccc2NC(C#N)=C(C#N)C#N)cn1. The number of aromatic nitrogens is 2. The maximum atomic E-state index is 9.10. The number of hydrogen-bond donors (Lipinski definition) is 1. The summed E-state index contributed by atoms with van der Waals surface area (Å²) in [7, 11) is 1.81. The Morgan fingerprint density at radius 2 is 1.96 bits per heavy atom. The molecule has 7 heteroatoms. The molecule has 1 heterocycles. The first-order valence-electron chi connectivity index (χ1n) is 6.59. The summed E-state index contributed by atoms with van der Waals surface area (Å²) in [5, 5.41) is 33.7. The van der Waals surface area contributed by atoms with E-state index >= 15 is 0 Å². The van der Waals surface area contributed by atoms with Gasteiger partial charge in [0.1, 0.15) is 36.3 Å². The number of allylic oxidation sites excluding steroid dienone is 2. The number of nitrogens with one attached hydrogen (secondary N) is 1. The van der Waals surface area contributed by atoms with Crippen LogP contribution >= 0.6 is 0 Å². The van der Waals surface area contributed by atoms with Crippen LogP contribution in [0.4, 0.5) is 5.69 Å². The van der Waals surface area contributed by atoms with E-state index in [9.17, 15) is 0 Å². The molecule has 23 heavy (non-hydrogen) atoms. The Hall–Kier alpha value is -3.76. The fourth-order valence-corrected chi connectivity index (χ4v) is 1.82. The molecule has 0 aliphatic carbocycles. The van der Waals surface area contributed by atoms with Gasteiger partial charge in [0.15, 0.2) is 5.57 Å². The Balaban J connectivity index is 2.21. The number of aryl methyl sites for hydroxylation is 1. The zero-order chi connectivity index (χ0) is 16.7. The third-order valence-electron chi connectivity index (χ3n) is 2.88. The van der Waals surface area contributed by atoms with Crippen molar-refractivity contribution in [2.24, 2.45) is 7.05 Å². The van der Waals surface area contributed by atoms with Crippen molar-refractivity contribution >= 4 is 5.69 Å². The maximum absolute atomic E-state index is 9.10. The molecule has 112 valence electrons. The normalized spacial score (nSPS) is 9.13. The molecule has 1 N–H and O–H groups in total. The molecule has 0 amide bonds. The van der Waals surface area contributed by atoms with E-state index in [1.54, 1.807) is 47.3 Å². The molecule has 0 spiro atoms. The number of ether oxygens (including phenoxy) is 1. The van der Waals surface area contributed by atoms with Gasteiger partial charge in [0.05, 0.1) is 11.9 Å². The molecule has 2 rings (SSSR count). The standard InChI is InChI=1S/C16H12N6O/c1-22-10-12(9-20-22)11-23-16-5-3-2-4-14(16)21-15(8-19)13(6-17)7-18/h2-5,9-10,21H,11H2,1H3. The van der Waals surface area contributed by atoms with Crippen LogP contribution in [0.2, 0.25) is 0 Å². The Bertz CT molecular complexity index is 844. The van der Waals surface area contributed by atoms with Crippen LogP contribution in [-0.4, -0.2) is 9.78 Å². The van der Waals surface area contributed by atoms with E-state index < -0.39 is 0 Å².